The molecule has 0 atom stereocenters. The van der Waals surface area contributed by atoms with Crippen molar-refractivity contribution in [2.75, 3.05) is 32.8 Å². The minimum Gasteiger partial charge on any atom is -0.395 e. The number of aliphatic hydroxyl groups is 1. The number of urea groups is 1. The fourth-order valence-electron chi connectivity index (χ4n) is 1.51. The van der Waals surface area contributed by atoms with Gasteiger partial charge in [-0.15, -0.1) is 0 Å². The molecular formula is C12H27N3O2. The van der Waals surface area contributed by atoms with Crippen LogP contribution in [-0.2, 0) is 0 Å². The highest BCUT2D eigenvalue weighted by molar-refractivity contribution is 5.74. The van der Waals surface area contributed by atoms with Crippen molar-refractivity contribution in [3.05, 3.63) is 0 Å². The minimum atomic E-state index is -0.210. The Morgan fingerprint density at radius 1 is 1.24 bits per heavy atom. The van der Waals surface area contributed by atoms with Gasteiger partial charge in [0.15, 0.2) is 0 Å². The Kier molecular flexibility index (Phi) is 7.91. The second-order valence-electron chi connectivity index (χ2n) is 5.20. The Hall–Kier alpha value is -0.810. The van der Waals surface area contributed by atoms with Crippen LogP contribution >= 0.6 is 0 Å². The summed E-state index contributed by atoms with van der Waals surface area (Å²) >= 11 is 0. The summed E-state index contributed by atoms with van der Waals surface area (Å²) in [5.74, 6) is 0. The molecule has 0 bridgehead atoms. The molecule has 3 N–H and O–H groups in total. The van der Waals surface area contributed by atoms with E-state index < -0.39 is 0 Å². The summed E-state index contributed by atoms with van der Waals surface area (Å²) < 4.78 is 0. The van der Waals surface area contributed by atoms with Gasteiger partial charge in [-0.1, -0.05) is 6.92 Å². The predicted octanol–water partition coefficient (Wildman–Crippen LogP) is 0.788. The lowest BCUT2D eigenvalue weighted by Crippen LogP contribution is -2.48. The molecule has 17 heavy (non-hydrogen) atoms. The van der Waals surface area contributed by atoms with Crippen molar-refractivity contribution in [2.45, 2.75) is 39.7 Å². The number of nitrogens with one attached hydrogen (secondary N) is 2. The molecule has 5 nitrogen and oxygen atoms in total. The van der Waals surface area contributed by atoms with E-state index in [2.05, 4.69) is 22.5 Å². The van der Waals surface area contributed by atoms with E-state index in [9.17, 15) is 4.79 Å². The molecule has 0 saturated heterocycles. The number of hydrogen-bond donors (Lipinski definition) is 3. The van der Waals surface area contributed by atoms with Crippen LogP contribution in [0.2, 0.25) is 0 Å². The SMILES string of the molecule is CCCN(CCO)CCNC(=O)NC(C)(C)C. The summed E-state index contributed by atoms with van der Waals surface area (Å²) in [6.45, 7) is 11.1. The summed E-state index contributed by atoms with van der Waals surface area (Å²) in [6, 6.07) is -0.141. The van der Waals surface area contributed by atoms with Crippen molar-refractivity contribution in [1.29, 1.82) is 0 Å². The molecule has 0 fully saturated rings. The summed E-state index contributed by atoms with van der Waals surface area (Å²) in [5.41, 5.74) is -0.210. The molecule has 0 aliphatic heterocycles. The summed E-state index contributed by atoms with van der Waals surface area (Å²) in [6.07, 6.45) is 1.05. The van der Waals surface area contributed by atoms with Gasteiger partial charge < -0.3 is 15.7 Å². The quantitative estimate of drug-likeness (QED) is 0.621. The zero-order chi connectivity index (χ0) is 13.3. The number of hydrogen-bond acceptors (Lipinski definition) is 3. The molecule has 0 saturated carbocycles. The van der Waals surface area contributed by atoms with Crippen molar-refractivity contribution in [3.63, 3.8) is 0 Å². The summed E-state index contributed by atoms with van der Waals surface area (Å²) in [5, 5.41) is 14.5. The van der Waals surface area contributed by atoms with Crippen molar-refractivity contribution in [3.8, 4) is 0 Å². The van der Waals surface area contributed by atoms with Gasteiger partial charge in [0.25, 0.3) is 0 Å². The highest BCUT2D eigenvalue weighted by atomic mass is 16.3. The fraction of sp³-hybridized carbons (Fsp3) is 0.917. The smallest absolute Gasteiger partial charge is 0.315 e. The lowest BCUT2D eigenvalue weighted by Gasteiger charge is -2.23. The first-order chi connectivity index (χ1) is 7.89. The largest absolute Gasteiger partial charge is 0.395 e. The molecule has 0 rings (SSSR count). The number of aliphatic hydroxyl groups excluding tert-OH is 1. The molecule has 0 aromatic rings. The van der Waals surface area contributed by atoms with Gasteiger partial charge in [-0.25, -0.2) is 4.79 Å². The predicted molar refractivity (Wildman–Crippen MR) is 70.1 cm³/mol. The van der Waals surface area contributed by atoms with Gasteiger partial charge >= 0.3 is 6.03 Å². The van der Waals surface area contributed by atoms with Crippen LogP contribution in [0.4, 0.5) is 4.79 Å². The summed E-state index contributed by atoms with van der Waals surface area (Å²) in [7, 11) is 0. The zero-order valence-electron chi connectivity index (χ0n) is 11.5. The first-order valence-corrected chi connectivity index (χ1v) is 6.28. The van der Waals surface area contributed by atoms with Crippen molar-refractivity contribution < 1.29 is 9.90 Å². The Balaban J connectivity index is 3.76. The van der Waals surface area contributed by atoms with Gasteiger partial charge in [-0.3, -0.25) is 4.90 Å². The number of carbonyl (C=O) groups is 1. The first-order valence-electron chi connectivity index (χ1n) is 6.28. The maximum atomic E-state index is 11.5. The topological polar surface area (TPSA) is 64.6 Å². The third kappa shape index (κ3) is 10.1. The van der Waals surface area contributed by atoms with Crippen LogP contribution in [-0.4, -0.2) is 54.4 Å². The van der Waals surface area contributed by atoms with Crippen LogP contribution < -0.4 is 10.6 Å². The fourth-order valence-corrected chi connectivity index (χ4v) is 1.51. The molecule has 0 aromatic heterocycles. The molecule has 0 aliphatic carbocycles. The van der Waals surface area contributed by atoms with E-state index in [0.717, 1.165) is 19.5 Å². The molecule has 0 aliphatic rings. The van der Waals surface area contributed by atoms with Crippen LogP contribution in [0.15, 0.2) is 0 Å². The Bertz CT molecular complexity index is 208. The highest BCUT2D eigenvalue weighted by Crippen LogP contribution is 1.97. The minimum absolute atomic E-state index is 0.141. The maximum absolute atomic E-state index is 11.5. The molecular weight excluding hydrogens is 218 g/mol. The van der Waals surface area contributed by atoms with E-state index in [1.165, 1.54) is 0 Å². The number of amides is 2. The van der Waals surface area contributed by atoms with E-state index in [1.807, 2.05) is 20.8 Å². The Labute approximate surface area is 105 Å². The molecule has 2 amide bonds. The normalized spacial score (nSPS) is 11.6. The zero-order valence-corrected chi connectivity index (χ0v) is 11.5. The van der Waals surface area contributed by atoms with Gasteiger partial charge in [-0.05, 0) is 33.7 Å². The lowest BCUT2D eigenvalue weighted by atomic mass is 10.1. The molecule has 0 spiro atoms. The van der Waals surface area contributed by atoms with Gasteiger partial charge in [0.05, 0.1) is 6.61 Å². The van der Waals surface area contributed by atoms with E-state index >= 15 is 0 Å². The third-order valence-corrected chi connectivity index (χ3v) is 2.16. The molecule has 0 unspecified atom stereocenters. The van der Waals surface area contributed by atoms with Crippen LogP contribution in [0.25, 0.3) is 0 Å². The second kappa shape index (κ2) is 8.31. The molecule has 5 heteroatoms. The monoisotopic (exact) mass is 245 g/mol. The van der Waals surface area contributed by atoms with E-state index in [1.54, 1.807) is 0 Å². The standard InChI is InChI=1S/C12H27N3O2/c1-5-7-15(9-10-16)8-6-13-11(17)14-12(2,3)4/h16H,5-10H2,1-4H3,(H2,13,14,17). The van der Waals surface area contributed by atoms with Crippen LogP contribution in [0.5, 0.6) is 0 Å². The number of carbonyl (C=O) groups excluding carboxylic acids is 1. The van der Waals surface area contributed by atoms with Gasteiger partial charge in [0, 0.05) is 25.2 Å². The van der Waals surface area contributed by atoms with E-state index in [4.69, 9.17) is 5.11 Å². The first kappa shape index (κ1) is 16.2. The highest BCUT2D eigenvalue weighted by Gasteiger charge is 2.13. The van der Waals surface area contributed by atoms with Crippen LogP contribution in [0, 0.1) is 0 Å². The molecule has 0 aromatic carbocycles. The molecule has 0 heterocycles. The summed E-state index contributed by atoms with van der Waals surface area (Å²) in [4.78, 5) is 13.6. The van der Waals surface area contributed by atoms with E-state index in [0.29, 0.717) is 13.1 Å². The molecule has 0 radical (unpaired) electrons. The van der Waals surface area contributed by atoms with Crippen LogP contribution in [0.1, 0.15) is 34.1 Å². The third-order valence-electron chi connectivity index (χ3n) is 2.16. The van der Waals surface area contributed by atoms with Gasteiger partial charge in [-0.2, -0.15) is 0 Å². The van der Waals surface area contributed by atoms with E-state index in [-0.39, 0.29) is 18.2 Å². The Morgan fingerprint density at radius 2 is 1.88 bits per heavy atom. The molecule has 102 valence electrons. The van der Waals surface area contributed by atoms with Crippen LogP contribution in [0.3, 0.4) is 0 Å². The number of rotatable bonds is 7. The maximum Gasteiger partial charge on any atom is 0.315 e. The number of nitrogens with zero attached hydrogens (tertiary/aromatic N) is 1. The van der Waals surface area contributed by atoms with Gasteiger partial charge in [0.1, 0.15) is 0 Å². The Morgan fingerprint density at radius 3 is 2.35 bits per heavy atom. The second-order valence-corrected chi connectivity index (χ2v) is 5.20. The lowest BCUT2D eigenvalue weighted by molar-refractivity contribution is 0.194. The van der Waals surface area contributed by atoms with Crippen molar-refractivity contribution in [2.24, 2.45) is 0 Å². The van der Waals surface area contributed by atoms with Crippen molar-refractivity contribution >= 4 is 6.03 Å². The van der Waals surface area contributed by atoms with Crippen molar-refractivity contribution in [1.82, 2.24) is 15.5 Å². The average Bonchev–Trinajstić information content (AvgIpc) is 2.15. The van der Waals surface area contributed by atoms with Gasteiger partial charge in [0.2, 0.25) is 0 Å². The average molecular weight is 245 g/mol.